The zero-order chi connectivity index (χ0) is 6.85. The predicted molar refractivity (Wildman–Crippen MR) is 38.3 cm³/mol. The van der Waals surface area contributed by atoms with Gasteiger partial charge in [0.1, 0.15) is 0 Å². The molecule has 3 N–H and O–H groups in total. The first-order chi connectivity index (χ1) is 4.20. The second kappa shape index (κ2) is 1.90. The van der Waals surface area contributed by atoms with E-state index in [0.29, 0.717) is 17.0 Å². The molecule has 0 fully saturated rings. The minimum absolute atomic E-state index is 0.434. The predicted octanol–water partition coefficient (Wildman–Crippen LogP) is 0.975. The SMILES string of the molecule is C=C1C=C(N)C=CC1=N. The summed E-state index contributed by atoms with van der Waals surface area (Å²) in [5, 5.41) is 7.20. The van der Waals surface area contributed by atoms with Gasteiger partial charge in [0.2, 0.25) is 0 Å². The van der Waals surface area contributed by atoms with Crippen molar-refractivity contribution in [3.8, 4) is 0 Å². The van der Waals surface area contributed by atoms with Crippen LogP contribution >= 0.6 is 0 Å². The summed E-state index contributed by atoms with van der Waals surface area (Å²) in [4.78, 5) is 0. The van der Waals surface area contributed by atoms with Gasteiger partial charge in [0, 0.05) is 5.70 Å². The summed E-state index contributed by atoms with van der Waals surface area (Å²) >= 11 is 0. The summed E-state index contributed by atoms with van der Waals surface area (Å²) < 4.78 is 0. The van der Waals surface area contributed by atoms with Gasteiger partial charge in [-0.25, -0.2) is 0 Å². The number of nitrogens with one attached hydrogen (secondary N) is 1. The number of nitrogens with two attached hydrogens (primary N) is 1. The van der Waals surface area contributed by atoms with Crippen molar-refractivity contribution >= 4 is 5.71 Å². The molecule has 2 nitrogen and oxygen atoms in total. The summed E-state index contributed by atoms with van der Waals surface area (Å²) in [6, 6.07) is 0. The summed E-state index contributed by atoms with van der Waals surface area (Å²) in [5.74, 6) is 0. The molecular formula is C7H8N2. The Morgan fingerprint density at radius 2 is 2.11 bits per heavy atom. The van der Waals surface area contributed by atoms with Crippen molar-refractivity contribution in [1.82, 2.24) is 0 Å². The van der Waals surface area contributed by atoms with Crippen LogP contribution in [0.15, 0.2) is 36.1 Å². The van der Waals surface area contributed by atoms with Crippen LogP contribution < -0.4 is 5.73 Å². The summed E-state index contributed by atoms with van der Waals surface area (Å²) in [7, 11) is 0. The molecule has 0 spiro atoms. The van der Waals surface area contributed by atoms with E-state index in [0.717, 1.165) is 0 Å². The van der Waals surface area contributed by atoms with E-state index in [1.165, 1.54) is 0 Å². The maximum absolute atomic E-state index is 7.20. The van der Waals surface area contributed by atoms with Gasteiger partial charge in [0.15, 0.2) is 0 Å². The highest BCUT2D eigenvalue weighted by Crippen LogP contribution is 2.06. The van der Waals surface area contributed by atoms with Crippen LogP contribution in [0.5, 0.6) is 0 Å². The lowest BCUT2D eigenvalue weighted by molar-refractivity contribution is 1.38. The van der Waals surface area contributed by atoms with Crippen LogP contribution in [-0.4, -0.2) is 5.71 Å². The van der Waals surface area contributed by atoms with E-state index in [2.05, 4.69) is 6.58 Å². The van der Waals surface area contributed by atoms with E-state index in [9.17, 15) is 0 Å². The third-order valence-corrected chi connectivity index (χ3v) is 1.13. The van der Waals surface area contributed by atoms with E-state index in [-0.39, 0.29) is 0 Å². The van der Waals surface area contributed by atoms with Gasteiger partial charge in [-0.15, -0.1) is 0 Å². The van der Waals surface area contributed by atoms with E-state index >= 15 is 0 Å². The number of hydrogen-bond acceptors (Lipinski definition) is 2. The van der Waals surface area contributed by atoms with Crippen molar-refractivity contribution in [3.05, 3.63) is 36.1 Å². The monoisotopic (exact) mass is 120 g/mol. The lowest BCUT2D eigenvalue weighted by Gasteiger charge is -2.03. The van der Waals surface area contributed by atoms with Gasteiger partial charge in [-0.3, -0.25) is 0 Å². The molecule has 0 amide bonds. The maximum atomic E-state index is 7.20. The molecule has 0 saturated carbocycles. The molecule has 0 aromatic carbocycles. The average molecular weight is 120 g/mol. The molecule has 46 valence electrons. The molecule has 0 radical (unpaired) electrons. The quantitative estimate of drug-likeness (QED) is 0.491. The molecular weight excluding hydrogens is 112 g/mol. The minimum Gasteiger partial charge on any atom is -0.399 e. The third-order valence-electron chi connectivity index (χ3n) is 1.13. The largest absolute Gasteiger partial charge is 0.399 e. The molecule has 0 saturated heterocycles. The molecule has 0 aliphatic heterocycles. The molecule has 0 aromatic rings. The van der Waals surface area contributed by atoms with Crippen LogP contribution in [0.3, 0.4) is 0 Å². The van der Waals surface area contributed by atoms with Crippen molar-refractivity contribution in [2.45, 2.75) is 0 Å². The summed E-state index contributed by atoms with van der Waals surface area (Å²) in [6.45, 7) is 3.61. The van der Waals surface area contributed by atoms with E-state index < -0.39 is 0 Å². The zero-order valence-corrected chi connectivity index (χ0v) is 5.02. The van der Waals surface area contributed by atoms with Crippen molar-refractivity contribution in [1.29, 1.82) is 5.41 Å². The molecule has 1 aliphatic carbocycles. The van der Waals surface area contributed by atoms with Crippen molar-refractivity contribution < 1.29 is 0 Å². The van der Waals surface area contributed by atoms with E-state index in [1.54, 1.807) is 18.2 Å². The Morgan fingerprint density at radius 1 is 1.44 bits per heavy atom. The Balaban J connectivity index is 2.95. The zero-order valence-electron chi connectivity index (χ0n) is 5.02. The Labute approximate surface area is 53.9 Å². The second-order valence-electron chi connectivity index (χ2n) is 1.92. The van der Waals surface area contributed by atoms with Gasteiger partial charge < -0.3 is 11.1 Å². The Hall–Kier alpha value is -1.31. The van der Waals surface area contributed by atoms with Crippen LogP contribution in [0.1, 0.15) is 0 Å². The highest BCUT2D eigenvalue weighted by molar-refractivity contribution is 6.09. The van der Waals surface area contributed by atoms with Gasteiger partial charge in [0.25, 0.3) is 0 Å². The van der Waals surface area contributed by atoms with E-state index in [4.69, 9.17) is 11.1 Å². The highest BCUT2D eigenvalue weighted by Gasteiger charge is 1.99. The van der Waals surface area contributed by atoms with Crippen molar-refractivity contribution in [2.75, 3.05) is 0 Å². The Kier molecular flexibility index (Phi) is 1.23. The molecule has 1 aliphatic rings. The number of hydrogen-bond donors (Lipinski definition) is 2. The van der Waals surface area contributed by atoms with Crippen LogP contribution in [-0.2, 0) is 0 Å². The smallest absolute Gasteiger partial charge is 0.0607 e. The van der Waals surface area contributed by atoms with Gasteiger partial charge >= 0.3 is 0 Å². The molecule has 2 heteroatoms. The maximum Gasteiger partial charge on any atom is 0.0607 e. The highest BCUT2D eigenvalue weighted by atomic mass is 14.6. The third kappa shape index (κ3) is 1.08. The number of allylic oxidation sites excluding steroid dienone is 4. The second-order valence-corrected chi connectivity index (χ2v) is 1.92. The van der Waals surface area contributed by atoms with Crippen LogP contribution in [0, 0.1) is 5.41 Å². The standard InChI is InChI=1S/C7H8N2/c1-5-4-6(8)2-3-7(5)9/h2-4,9H,1,8H2. The summed E-state index contributed by atoms with van der Waals surface area (Å²) in [5.41, 5.74) is 7.18. The van der Waals surface area contributed by atoms with Gasteiger partial charge in [-0.2, -0.15) is 0 Å². The Morgan fingerprint density at radius 3 is 2.56 bits per heavy atom. The van der Waals surface area contributed by atoms with Crippen molar-refractivity contribution in [2.24, 2.45) is 5.73 Å². The average Bonchev–Trinajstić information content (AvgIpc) is 1.80. The van der Waals surface area contributed by atoms with E-state index in [1.807, 2.05) is 0 Å². The van der Waals surface area contributed by atoms with Gasteiger partial charge in [0.05, 0.1) is 5.71 Å². The molecule has 0 unspecified atom stereocenters. The first kappa shape index (κ1) is 5.82. The Bertz CT molecular complexity index is 221. The fraction of sp³-hybridized carbons (Fsp3) is 0. The van der Waals surface area contributed by atoms with Crippen molar-refractivity contribution in [3.63, 3.8) is 0 Å². The molecule has 9 heavy (non-hydrogen) atoms. The molecule has 0 atom stereocenters. The fourth-order valence-electron chi connectivity index (χ4n) is 0.614. The lowest BCUT2D eigenvalue weighted by Crippen LogP contribution is -2.04. The minimum atomic E-state index is 0.434. The lowest BCUT2D eigenvalue weighted by atomic mass is 10.1. The topological polar surface area (TPSA) is 49.9 Å². The molecule has 1 rings (SSSR count). The number of rotatable bonds is 0. The first-order valence-electron chi connectivity index (χ1n) is 2.63. The normalized spacial score (nSPS) is 18.0. The van der Waals surface area contributed by atoms with Crippen LogP contribution in [0.4, 0.5) is 0 Å². The summed E-state index contributed by atoms with van der Waals surface area (Å²) in [6.07, 6.45) is 5.01. The van der Waals surface area contributed by atoms with Gasteiger partial charge in [-0.05, 0) is 23.8 Å². The first-order valence-corrected chi connectivity index (χ1v) is 2.63. The van der Waals surface area contributed by atoms with Crippen LogP contribution in [0.25, 0.3) is 0 Å². The fourth-order valence-corrected chi connectivity index (χ4v) is 0.614. The molecule has 0 aromatic heterocycles. The van der Waals surface area contributed by atoms with Gasteiger partial charge in [-0.1, -0.05) is 6.58 Å². The molecule has 0 bridgehead atoms. The molecule has 0 heterocycles. The van der Waals surface area contributed by atoms with Crippen LogP contribution in [0.2, 0.25) is 0 Å².